The van der Waals surface area contributed by atoms with Gasteiger partial charge in [0, 0.05) is 17.7 Å². The van der Waals surface area contributed by atoms with Crippen LogP contribution in [0.25, 0.3) is 0 Å². The third-order valence-corrected chi connectivity index (χ3v) is 5.31. The summed E-state index contributed by atoms with van der Waals surface area (Å²) in [6.45, 7) is 11.0. The number of rotatable bonds is 8. The number of hydrogen-bond donors (Lipinski definition) is 1. The average Bonchev–Trinajstić information content (AvgIpc) is 2.50. The molecule has 2 rings (SSSR count). The van der Waals surface area contributed by atoms with E-state index in [-0.39, 0.29) is 5.60 Å². The van der Waals surface area contributed by atoms with Crippen molar-refractivity contribution in [2.45, 2.75) is 77.4 Å². The molecule has 0 saturated carbocycles. The van der Waals surface area contributed by atoms with Crippen LogP contribution in [0.4, 0.5) is 0 Å². The average molecular weight is 352 g/mol. The van der Waals surface area contributed by atoms with Crippen molar-refractivity contribution in [1.82, 2.24) is 5.32 Å². The van der Waals surface area contributed by atoms with Gasteiger partial charge in [-0.2, -0.15) is 0 Å². The lowest BCUT2D eigenvalue weighted by atomic mass is 9.88. The Kier molecular flexibility index (Phi) is 7.59. The number of ether oxygens (including phenoxy) is 1. The summed E-state index contributed by atoms with van der Waals surface area (Å²) in [7, 11) is 0. The van der Waals surface area contributed by atoms with Crippen LogP contribution in [0, 0.1) is 5.92 Å². The summed E-state index contributed by atoms with van der Waals surface area (Å²) in [6, 6.07) is 9.03. The van der Waals surface area contributed by atoms with Gasteiger partial charge in [0.2, 0.25) is 0 Å². The molecule has 0 spiro atoms. The lowest BCUT2D eigenvalue weighted by molar-refractivity contribution is -0.0628. The van der Waals surface area contributed by atoms with Crippen molar-refractivity contribution in [2.75, 3.05) is 13.2 Å². The van der Waals surface area contributed by atoms with Crippen LogP contribution >= 0.6 is 11.6 Å². The minimum Gasteiger partial charge on any atom is -0.375 e. The maximum atomic E-state index is 6.05. The first kappa shape index (κ1) is 19.8. The maximum Gasteiger partial charge on any atom is 0.0641 e. The molecule has 24 heavy (non-hydrogen) atoms. The van der Waals surface area contributed by atoms with Gasteiger partial charge in [-0.05, 0) is 75.6 Å². The predicted octanol–water partition coefficient (Wildman–Crippen LogP) is 5.80. The fraction of sp³-hybridized carbons (Fsp3) is 0.714. The molecule has 2 atom stereocenters. The van der Waals surface area contributed by atoms with Gasteiger partial charge < -0.3 is 10.1 Å². The molecule has 1 saturated heterocycles. The normalized spacial score (nSPS) is 21.8. The molecule has 1 heterocycles. The maximum absolute atomic E-state index is 6.05. The number of hydrogen-bond acceptors (Lipinski definition) is 2. The van der Waals surface area contributed by atoms with Crippen LogP contribution in [-0.2, 0) is 4.74 Å². The van der Waals surface area contributed by atoms with E-state index in [1.54, 1.807) is 0 Å². The highest BCUT2D eigenvalue weighted by Crippen LogP contribution is 2.28. The molecule has 1 aliphatic heterocycles. The SMILES string of the molecule is CC(C)CC[C@@H](CCN[C@@H]1CCOC(C)(C)C1)c1ccc(Cl)cc1. The number of benzene rings is 1. The van der Waals surface area contributed by atoms with Crippen LogP contribution < -0.4 is 5.32 Å². The highest BCUT2D eigenvalue weighted by Gasteiger charge is 2.28. The van der Waals surface area contributed by atoms with E-state index in [9.17, 15) is 0 Å². The van der Waals surface area contributed by atoms with E-state index in [0.717, 1.165) is 36.9 Å². The predicted molar refractivity (Wildman–Crippen MR) is 104 cm³/mol. The van der Waals surface area contributed by atoms with E-state index >= 15 is 0 Å². The van der Waals surface area contributed by atoms with Gasteiger partial charge in [0.05, 0.1) is 5.60 Å². The van der Waals surface area contributed by atoms with Crippen LogP contribution in [0.3, 0.4) is 0 Å². The fourth-order valence-electron chi connectivity index (χ4n) is 3.61. The molecule has 0 unspecified atom stereocenters. The topological polar surface area (TPSA) is 21.3 Å². The van der Waals surface area contributed by atoms with Crippen molar-refractivity contribution in [3.63, 3.8) is 0 Å². The summed E-state index contributed by atoms with van der Waals surface area (Å²) in [5, 5.41) is 4.59. The summed E-state index contributed by atoms with van der Waals surface area (Å²) in [6.07, 6.45) is 5.94. The van der Waals surface area contributed by atoms with E-state index in [1.165, 1.54) is 24.8 Å². The highest BCUT2D eigenvalue weighted by atomic mass is 35.5. The van der Waals surface area contributed by atoms with E-state index in [2.05, 4.69) is 45.1 Å². The zero-order valence-corrected chi connectivity index (χ0v) is 16.5. The monoisotopic (exact) mass is 351 g/mol. The lowest BCUT2D eigenvalue weighted by Gasteiger charge is -2.36. The summed E-state index contributed by atoms with van der Waals surface area (Å²) < 4.78 is 5.82. The number of nitrogens with one attached hydrogen (secondary N) is 1. The van der Waals surface area contributed by atoms with Gasteiger partial charge in [-0.3, -0.25) is 0 Å². The third-order valence-electron chi connectivity index (χ3n) is 5.06. The van der Waals surface area contributed by atoms with Crippen LogP contribution in [0.1, 0.15) is 71.3 Å². The quantitative estimate of drug-likeness (QED) is 0.639. The Morgan fingerprint density at radius 2 is 1.88 bits per heavy atom. The van der Waals surface area contributed by atoms with Crippen LogP contribution in [0.2, 0.25) is 5.02 Å². The van der Waals surface area contributed by atoms with Crippen LogP contribution in [-0.4, -0.2) is 24.8 Å². The molecule has 0 radical (unpaired) electrons. The Bertz CT molecular complexity index is 483. The van der Waals surface area contributed by atoms with Gasteiger partial charge >= 0.3 is 0 Å². The molecular formula is C21H34ClNO. The minimum atomic E-state index is 0.0170. The molecule has 0 amide bonds. The highest BCUT2D eigenvalue weighted by molar-refractivity contribution is 6.30. The zero-order valence-electron chi connectivity index (χ0n) is 15.8. The largest absolute Gasteiger partial charge is 0.375 e. The Morgan fingerprint density at radius 3 is 2.50 bits per heavy atom. The summed E-state index contributed by atoms with van der Waals surface area (Å²) >= 11 is 6.05. The Balaban J connectivity index is 1.87. The standard InChI is InChI=1S/C21H34ClNO/c1-16(2)5-6-18(17-7-9-19(22)10-8-17)11-13-23-20-12-14-24-21(3,4)15-20/h7-10,16,18,20,23H,5-6,11-15H2,1-4H3/t18-,20+/m0/s1. The summed E-state index contributed by atoms with van der Waals surface area (Å²) in [5.74, 6) is 1.37. The molecule has 1 aromatic carbocycles. The van der Waals surface area contributed by atoms with E-state index in [1.807, 2.05) is 12.1 Å². The molecule has 0 aliphatic carbocycles. The van der Waals surface area contributed by atoms with Gasteiger partial charge in [-0.25, -0.2) is 0 Å². The lowest BCUT2D eigenvalue weighted by Crippen LogP contribution is -2.44. The first-order valence-corrected chi connectivity index (χ1v) is 9.86. The zero-order chi connectivity index (χ0) is 17.6. The molecule has 1 aromatic rings. The number of halogens is 1. The molecule has 3 heteroatoms. The van der Waals surface area contributed by atoms with Gasteiger partial charge in [0.15, 0.2) is 0 Å². The second-order valence-corrected chi connectivity index (χ2v) is 8.70. The van der Waals surface area contributed by atoms with E-state index in [0.29, 0.717) is 12.0 Å². The van der Waals surface area contributed by atoms with E-state index in [4.69, 9.17) is 16.3 Å². The Labute approximate surface area is 153 Å². The molecule has 1 aliphatic rings. The third kappa shape index (κ3) is 6.74. The van der Waals surface area contributed by atoms with Crippen molar-refractivity contribution in [1.29, 1.82) is 0 Å². The Morgan fingerprint density at radius 1 is 1.17 bits per heavy atom. The van der Waals surface area contributed by atoms with Gasteiger partial charge in [-0.1, -0.05) is 44.0 Å². The minimum absolute atomic E-state index is 0.0170. The molecule has 1 N–H and O–H groups in total. The first-order chi connectivity index (χ1) is 11.4. The van der Waals surface area contributed by atoms with Crippen molar-refractivity contribution in [3.05, 3.63) is 34.9 Å². The van der Waals surface area contributed by atoms with Gasteiger partial charge in [-0.15, -0.1) is 0 Å². The van der Waals surface area contributed by atoms with Crippen molar-refractivity contribution in [3.8, 4) is 0 Å². The molecular weight excluding hydrogens is 318 g/mol. The molecule has 0 bridgehead atoms. The summed E-state index contributed by atoms with van der Waals surface area (Å²) in [5.41, 5.74) is 1.44. The van der Waals surface area contributed by atoms with Crippen LogP contribution in [0.5, 0.6) is 0 Å². The molecule has 2 nitrogen and oxygen atoms in total. The molecule has 0 aromatic heterocycles. The molecule has 136 valence electrons. The second kappa shape index (κ2) is 9.22. The molecule has 1 fully saturated rings. The first-order valence-electron chi connectivity index (χ1n) is 9.48. The van der Waals surface area contributed by atoms with E-state index < -0.39 is 0 Å². The second-order valence-electron chi connectivity index (χ2n) is 8.26. The van der Waals surface area contributed by atoms with Crippen molar-refractivity contribution < 1.29 is 4.74 Å². The van der Waals surface area contributed by atoms with Crippen LogP contribution in [0.15, 0.2) is 24.3 Å². The van der Waals surface area contributed by atoms with Gasteiger partial charge in [0.1, 0.15) is 0 Å². The smallest absolute Gasteiger partial charge is 0.0641 e. The fourth-order valence-corrected chi connectivity index (χ4v) is 3.74. The van der Waals surface area contributed by atoms with Gasteiger partial charge in [0.25, 0.3) is 0 Å². The Hall–Kier alpha value is -0.570. The van der Waals surface area contributed by atoms with Crippen molar-refractivity contribution in [2.24, 2.45) is 5.92 Å². The summed E-state index contributed by atoms with van der Waals surface area (Å²) in [4.78, 5) is 0. The van der Waals surface area contributed by atoms with Crippen molar-refractivity contribution >= 4 is 11.6 Å².